The minimum absolute atomic E-state index is 0.0310. The average Bonchev–Trinajstić information content (AvgIpc) is 2.80. The molecule has 17 heavy (non-hydrogen) atoms. The summed E-state index contributed by atoms with van der Waals surface area (Å²) in [4.78, 5) is 4.09. The Morgan fingerprint density at radius 1 is 1.29 bits per heavy atom. The van der Waals surface area contributed by atoms with E-state index in [1.807, 2.05) is 0 Å². The summed E-state index contributed by atoms with van der Waals surface area (Å²) in [7, 11) is -3.55. The number of benzene rings is 1. The number of nitrogens with one attached hydrogen (secondary N) is 1. The van der Waals surface area contributed by atoms with Crippen LogP contribution in [0.1, 0.15) is 5.69 Å². The number of sulfonamides is 1. The second-order valence-corrected chi connectivity index (χ2v) is 5.78. The first-order valence-electron chi connectivity index (χ1n) is 4.74. The Morgan fingerprint density at radius 3 is 2.59 bits per heavy atom. The minimum atomic E-state index is -3.55. The number of phenolic OH excluding ortho intramolecular Hbond substituents is 1. The quantitative estimate of drug-likeness (QED) is 0.878. The number of hydrogen-bond donors (Lipinski definition) is 2. The van der Waals surface area contributed by atoms with Crippen LogP contribution in [0, 0.1) is 0 Å². The van der Waals surface area contributed by atoms with E-state index in [1.54, 1.807) is 10.9 Å². The highest BCUT2D eigenvalue weighted by Gasteiger charge is 2.13. The van der Waals surface area contributed by atoms with Gasteiger partial charge >= 0.3 is 0 Å². The van der Waals surface area contributed by atoms with Gasteiger partial charge in [0, 0.05) is 5.38 Å². The van der Waals surface area contributed by atoms with Crippen LogP contribution in [-0.4, -0.2) is 18.5 Å². The van der Waals surface area contributed by atoms with Crippen molar-refractivity contribution in [3.05, 3.63) is 40.8 Å². The lowest BCUT2D eigenvalue weighted by molar-refractivity contribution is 0.474. The molecule has 0 saturated carbocycles. The molecule has 0 aliphatic rings. The third-order valence-electron chi connectivity index (χ3n) is 2.07. The lowest BCUT2D eigenvalue weighted by Gasteiger charge is -2.05. The second-order valence-electron chi connectivity index (χ2n) is 3.30. The van der Waals surface area contributed by atoms with E-state index in [2.05, 4.69) is 9.71 Å². The van der Waals surface area contributed by atoms with Gasteiger partial charge < -0.3 is 5.11 Å². The lowest BCUT2D eigenvalue weighted by Crippen LogP contribution is -2.23. The molecule has 1 aromatic heterocycles. The summed E-state index contributed by atoms with van der Waals surface area (Å²) < 4.78 is 26.1. The molecule has 0 spiro atoms. The summed E-state index contributed by atoms with van der Waals surface area (Å²) in [5, 5.41) is 10.9. The smallest absolute Gasteiger partial charge is 0.240 e. The molecule has 0 radical (unpaired) electrons. The van der Waals surface area contributed by atoms with Crippen molar-refractivity contribution in [1.82, 2.24) is 9.71 Å². The highest BCUT2D eigenvalue weighted by Crippen LogP contribution is 2.14. The average molecular weight is 270 g/mol. The normalized spacial score (nSPS) is 11.5. The van der Waals surface area contributed by atoms with Crippen molar-refractivity contribution < 1.29 is 13.5 Å². The van der Waals surface area contributed by atoms with E-state index >= 15 is 0 Å². The maximum Gasteiger partial charge on any atom is 0.240 e. The van der Waals surface area contributed by atoms with E-state index in [0.717, 1.165) is 0 Å². The third kappa shape index (κ3) is 3.02. The fourth-order valence-electron chi connectivity index (χ4n) is 1.20. The number of nitrogens with zero attached hydrogens (tertiary/aromatic N) is 1. The van der Waals surface area contributed by atoms with Crippen LogP contribution in [0.5, 0.6) is 5.75 Å². The molecule has 0 atom stereocenters. The molecule has 0 aliphatic carbocycles. The molecule has 2 rings (SSSR count). The monoisotopic (exact) mass is 270 g/mol. The van der Waals surface area contributed by atoms with Crippen molar-refractivity contribution >= 4 is 21.4 Å². The Morgan fingerprint density at radius 2 is 2.00 bits per heavy atom. The van der Waals surface area contributed by atoms with Crippen molar-refractivity contribution in [1.29, 1.82) is 0 Å². The van der Waals surface area contributed by atoms with Gasteiger partial charge in [0.25, 0.3) is 0 Å². The molecule has 2 aromatic rings. The Balaban J connectivity index is 2.11. The zero-order chi connectivity index (χ0) is 12.3. The second kappa shape index (κ2) is 4.82. The number of aromatic nitrogens is 1. The zero-order valence-electron chi connectivity index (χ0n) is 8.70. The zero-order valence-corrected chi connectivity index (χ0v) is 10.3. The predicted octanol–water partition coefficient (Wildman–Crippen LogP) is 1.33. The van der Waals surface area contributed by atoms with E-state index in [1.165, 1.54) is 35.6 Å². The first kappa shape index (κ1) is 12.0. The van der Waals surface area contributed by atoms with Crippen LogP contribution < -0.4 is 4.72 Å². The van der Waals surface area contributed by atoms with Crippen molar-refractivity contribution in [2.24, 2.45) is 0 Å². The molecule has 90 valence electrons. The van der Waals surface area contributed by atoms with Crippen molar-refractivity contribution in [2.75, 3.05) is 0 Å². The summed E-state index contributed by atoms with van der Waals surface area (Å²) in [5.41, 5.74) is 2.32. The number of aromatic hydroxyl groups is 1. The van der Waals surface area contributed by atoms with Gasteiger partial charge in [-0.25, -0.2) is 18.1 Å². The molecule has 0 amide bonds. The topological polar surface area (TPSA) is 79.3 Å². The molecule has 2 N–H and O–H groups in total. The molecule has 0 saturated heterocycles. The van der Waals surface area contributed by atoms with Crippen molar-refractivity contribution in [3.63, 3.8) is 0 Å². The fourth-order valence-corrected chi connectivity index (χ4v) is 2.76. The van der Waals surface area contributed by atoms with Crippen LogP contribution in [0.4, 0.5) is 0 Å². The van der Waals surface area contributed by atoms with Gasteiger partial charge in [0.15, 0.2) is 0 Å². The molecule has 0 aliphatic heterocycles. The van der Waals surface area contributed by atoms with Crippen LogP contribution >= 0.6 is 11.3 Å². The van der Waals surface area contributed by atoms with Gasteiger partial charge in [0.1, 0.15) is 5.75 Å². The predicted molar refractivity (Wildman–Crippen MR) is 64.2 cm³/mol. The van der Waals surface area contributed by atoms with Gasteiger partial charge in [-0.1, -0.05) is 0 Å². The van der Waals surface area contributed by atoms with Crippen LogP contribution in [-0.2, 0) is 16.6 Å². The molecular weight excluding hydrogens is 260 g/mol. The summed E-state index contributed by atoms with van der Waals surface area (Å²) in [5.74, 6) is 0.0310. The van der Waals surface area contributed by atoms with Gasteiger partial charge in [0.05, 0.1) is 22.6 Å². The Hall–Kier alpha value is -1.44. The molecule has 5 nitrogen and oxygen atoms in total. The highest BCUT2D eigenvalue weighted by atomic mass is 32.2. The van der Waals surface area contributed by atoms with Crippen molar-refractivity contribution in [2.45, 2.75) is 11.4 Å². The molecule has 0 bridgehead atoms. The fraction of sp³-hybridized carbons (Fsp3) is 0.100. The van der Waals surface area contributed by atoms with E-state index in [-0.39, 0.29) is 17.2 Å². The van der Waals surface area contributed by atoms with Gasteiger partial charge in [-0.2, -0.15) is 0 Å². The van der Waals surface area contributed by atoms with E-state index in [0.29, 0.717) is 5.69 Å². The van der Waals surface area contributed by atoms with E-state index in [9.17, 15) is 8.42 Å². The first-order valence-corrected chi connectivity index (χ1v) is 7.16. The number of hydrogen-bond acceptors (Lipinski definition) is 5. The standard InChI is InChI=1S/C10H10N2O3S2/c13-9-1-3-10(4-2-9)17(14,15)12-5-8-6-16-7-11-8/h1-4,6-7,12-13H,5H2. The summed E-state index contributed by atoms with van der Waals surface area (Å²) in [6, 6.07) is 5.35. The number of thiazole rings is 1. The molecule has 0 fully saturated rings. The van der Waals surface area contributed by atoms with Gasteiger partial charge in [0.2, 0.25) is 10.0 Å². The molecule has 1 aromatic carbocycles. The van der Waals surface area contributed by atoms with Gasteiger partial charge in [-0.15, -0.1) is 11.3 Å². The third-order valence-corrected chi connectivity index (χ3v) is 4.13. The van der Waals surface area contributed by atoms with E-state index in [4.69, 9.17) is 5.11 Å². The summed E-state index contributed by atoms with van der Waals surface area (Å²) in [6.07, 6.45) is 0. The minimum Gasteiger partial charge on any atom is -0.508 e. The Kier molecular flexibility index (Phi) is 3.41. The summed E-state index contributed by atoms with van der Waals surface area (Å²) >= 11 is 1.41. The van der Waals surface area contributed by atoms with E-state index < -0.39 is 10.0 Å². The van der Waals surface area contributed by atoms with Gasteiger partial charge in [-0.05, 0) is 24.3 Å². The largest absolute Gasteiger partial charge is 0.508 e. The lowest BCUT2D eigenvalue weighted by atomic mass is 10.3. The Bertz CT molecular complexity index is 577. The SMILES string of the molecule is O=S(=O)(NCc1cscn1)c1ccc(O)cc1. The first-order chi connectivity index (χ1) is 8.08. The number of phenols is 1. The van der Waals surface area contributed by atoms with Crippen molar-refractivity contribution in [3.8, 4) is 5.75 Å². The van der Waals surface area contributed by atoms with Crippen LogP contribution in [0.15, 0.2) is 40.1 Å². The van der Waals surface area contributed by atoms with Crippen LogP contribution in [0.2, 0.25) is 0 Å². The molecule has 0 unspecified atom stereocenters. The highest BCUT2D eigenvalue weighted by molar-refractivity contribution is 7.89. The maximum atomic E-state index is 11.8. The van der Waals surface area contributed by atoms with Crippen LogP contribution in [0.3, 0.4) is 0 Å². The maximum absolute atomic E-state index is 11.8. The molecule has 1 heterocycles. The molecule has 7 heteroatoms. The number of rotatable bonds is 4. The van der Waals surface area contributed by atoms with Crippen LogP contribution in [0.25, 0.3) is 0 Å². The van der Waals surface area contributed by atoms with Gasteiger partial charge in [-0.3, -0.25) is 0 Å². The molecular formula is C10H10N2O3S2. The summed E-state index contributed by atoms with van der Waals surface area (Å²) in [6.45, 7) is 0.159. The Labute approximate surface area is 103 Å².